The summed E-state index contributed by atoms with van der Waals surface area (Å²) in [6.45, 7) is 0. The minimum absolute atomic E-state index is 0. The van der Waals surface area contributed by atoms with Crippen molar-refractivity contribution in [3.05, 3.63) is 121 Å². The molecular weight excluding hydrogens is 887 g/mol. The van der Waals surface area contributed by atoms with Crippen LogP contribution in [-0.2, 0) is 36.0 Å². The van der Waals surface area contributed by atoms with Crippen LogP contribution in [0.4, 0.5) is 0 Å². The fourth-order valence-corrected chi connectivity index (χ4v) is 6.80. The Morgan fingerprint density at radius 2 is 0.855 bits per heavy atom. The first kappa shape index (κ1) is 35.5. The molecule has 266 valence electrons. The van der Waals surface area contributed by atoms with Crippen LogP contribution < -0.4 is 9.97 Å². The summed E-state index contributed by atoms with van der Waals surface area (Å²) in [4.78, 5) is 49.0. The summed E-state index contributed by atoms with van der Waals surface area (Å²) in [6.07, 6.45) is 0. The SMILES string of the molecule is O=C(O)c1cc(S(=O)(=O)[O-])ccc1O.[Hf].c1ccc2c(c1)-c1nc-2nc2[n-]c(nc3nc(nc4[n-]c(n1)c1ccccc41)-c1ccccc1-3)c1ccccc21. The van der Waals surface area contributed by atoms with E-state index in [9.17, 15) is 17.8 Å². The maximum Gasteiger partial charge on any atom is 0.339 e. The Kier molecular flexibility index (Phi) is 8.87. The Morgan fingerprint density at radius 1 is 0.527 bits per heavy atom. The average molecular weight is 908 g/mol. The number of rotatable bonds is 2. The largest absolute Gasteiger partial charge is 0.744 e. The van der Waals surface area contributed by atoms with Crippen LogP contribution >= 0.6 is 0 Å². The second-order valence-corrected chi connectivity index (χ2v) is 13.5. The Bertz CT molecular complexity index is 2850. The number of carboxylic acids is 1. The van der Waals surface area contributed by atoms with E-state index in [1.807, 2.05) is 97.1 Å². The van der Waals surface area contributed by atoms with Crippen molar-refractivity contribution in [1.82, 2.24) is 39.9 Å². The first-order chi connectivity index (χ1) is 26.1. The molecule has 0 atom stereocenters. The molecule has 8 aromatic rings. The maximum atomic E-state index is 10.5. The second kappa shape index (κ2) is 13.7. The van der Waals surface area contributed by atoms with Gasteiger partial charge in [0, 0.05) is 70.7 Å². The van der Waals surface area contributed by atoms with Gasteiger partial charge in [-0.2, -0.15) is 0 Å². The number of fused-ring (bicyclic) bond motifs is 20. The van der Waals surface area contributed by atoms with Crippen molar-refractivity contribution in [3.63, 3.8) is 0 Å². The van der Waals surface area contributed by atoms with Crippen molar-refractivity contribution in [2.45, 2.75) is 4.90 Å². The van der Waals surface area contributed by atoms with E-state index < -0.39 is 32.3 Å². The van der Waals surface area contributed by atoms with Gasteiger partial charge >= 0.3 is 5.97 Å². The summed E-state index contributed by atoms with van der Waals surface area (Å²) in [5, 5.41) is 21.1. The second-order valence-electron chi connectivity index (χ2n) is 12.1. The predicted octanol–water partition coefficient (Wildman–Crippen LogP) is 6.12. The van der Waals surface area contributed by atoms with Crippen LogP contribution in [0, 0.1) is 0 Å². The van der Waals surface area contributed by atoms with Crippen molar-refractivity contribution in [2.75, 3.05) is 0 Å². The number of benzene rings is 5. The Labute approximate surface area is 329 Å². The first-order valence-corrected chi connectivity index (χ1v) is 17.6. The number of phenols is 1. The molecule has 0 fully saturated rings. The predicted molar refractivity (Wildman–Crippen MR) is 197 cm³/mol. The summed E-state index contributed by atoms with van der Waals surface area (Å²) in [7, 11) is -4.70. The monoisotopic (exact) mass is 909 g/mol. The van der Waals surface area contributed by atoms with E-state index in [1.165, 1.54) is 0 Å². The van der Waals surface area contributed by atoms with Crippen LogP contribution in [0.2, 0.25) is 0 Å². The molecule has 0 spiro atoms. The standard InChI is InChI=1S/C32H16N8.C7H6O6S.Hf/c1-2-10-18-17(9-1)25-33-26(18)38-28-21-13-5-6-14-22(21)30(35-28)40-32-24-16-8-7-15-23(24)31(36-32)39-29-20-12-4-3-11-19(20)27(34-29)37-25;8-6-2-1-4(14(11,12)13)3-5(6)7(9)10;/h1-16H;1-3,8H,(H,9,10)(H,11,12,13);/q-2;;/p-1. The molecule has 0 unspecified atom stereocenters. The van der Waals surface area contributed by atoms with Gasteiger partial charge in [0.2, 0.25) is 0 Å². The molecule has 55 heavy (non-hydrogen) atoms. The number of carboxylic acid groups (broad SMARTS) is 1. The van der Waals surface area contributed by atoms with E-state index in [4.69, 9.17) is 50.1 Å². The minimum Gasteiger partial charge on any atom is -0.744 e. The molecule has 14 nitrogen and oxygen atoms in total. The van der Waals surface area contributed by atoms with E-state index >= 15 is 0 Å². The topological polar surface area (TPSA) is 220 Å². The van der Waals surface area contributed by atoms with Crippen LogP contribution in [0.3, 0.4) is 0 Å². The Hall–Kier alpha value is -6.49. The Balaban J connectivity index is 0.000000244. The van der Waals surface area contributed by atoms with E-state index in [0.717, 1.165) is 55.9 Å². The number of aromatic carboxylic acids is 1. The molecule has 0 saturated carbocycles. The van der Waals surface area contributed by atoms with Gasteiger partial charge in [-0.3, -0.25) is 0 Å². The molecule has 5 aromatic carbocycles. The fraction of sp³-hybridized carbons (Fsp3) is 0. The van der Waals surface area contributed by atoms with Crippen molar-refractivity contribution in [2.24, 2.45) is 0 Å². The molecule has 0 saturated heterocycles. The molecule has 3 aromatic heterocycles. The zero-order chi connectivity index (χ0) is 37.1. The Morgan fingerprint density at radius 3 is 1.16 bits per heavy atom. The molecule has 16 heteroatoms. The van der Waals surface area contributed by atoms with E-state index in [-0.39, 0.29) is 25.8 Å². The smallest absolute Gasteiger partial charge is 0.339 e. The van der Waals surface area contributed by atoms with Crippen LogP contribution in [0.15, 0.2) is 120 Å². The third kappa shape index (κ3) is 6.35. The summed E-state index contributed by atoms with van der Waals surface area (Å²) in [5.41, 5.74) is 5.16. The number of hydrogen-bond acceptors (Lipinski definition) is 11. The van der Waals surface area contributed by atoms with Gasteiger partial charge in [0.1, 0.15) is 21.4 Å². The molecule has 0 amide bonds. The number of hydrogen-bond donors (Lipinski definition) is 2. The summed E-state index contributed by atoms with van der Waals surface area (Å²) in [5.74, 6) is 0.109. The summed E-state index contributed by atoms with van der Waals surface area (Å²) >= 11 is 0. The fourth-order valence-electron chi connectivity index (χ4n) is 6.30. The van der Waals surface area contributed by atoms with E-state index in [1.54, 1.807) is 0 Å². The number of nitrogens with zero attached hydrogens (tertiary/aromatic N) is 8. The molecule has 2 N–H and O–H groups in total. The summed E-state index contributed by atoms with van der Waals surface area (Å²) < 4.78 is 31.5. The number of carbonyl (C=O) groups is 1. The molecule has 2 aliphatic heterocycles. The minimum atomic E-state index is -4.70. The molecule has 0 radical (unpaired) electrons. The number of aromatic nitrogens is 8. The van der Waals surface area contributed by atoms with E-state index in [0.29, 0.717) is 52.0 Å². The van der Waals surface area contributed by atoms with Crippen LogP contribution in [-0.4, -0.2) is 59.1 Å². The first-order valence-electron chi connectivity index (χ1n) is 16.2. The van der Waals surface area contributed by atoms with Gasteiger partial charge < -0.3 is 44.7 Å². The molecule has 10 rings (SSSR count). The molecular formula is C39H21HfN8O6S-3. The van der Waals surface area contributed by atoms with Crippen molar-refractivity contribution in [3.8, 4) is 51.3 Å². The van der Waals surface area contributed by atoms with Crippen molar-refractivity contribution in [1.29, 1.82) is 0 Å². The van der Waals surface area contributed by atoms with Gasteiger partial charge in [0.05, 0.1) is 28.2 Å². The van der Waals surface area contributed by atoms with Gasteiger partial charge in [0.15, 0.2) is 0 Å². The number of aromatic hydroxyl groups is 1. The molecule has 0 aliphatic carbocycles. The quantitative estimate of drug-likeness (QED) is 0.148. The third-order valence-corrected chi connectivity index (χ3v) is 9.65. The third-order valence-electron chi connectivity index (χ3n) is 8.82. The summed E-state index contributed by atoms with van der Waals surface area (Å²) in [6, 6.07) is 34.1. The van der Waals surface area contributed by atoms with Crippen molar-refractivity contribution < 1.29 is 53.8 Å². The van der Waals surface area contributed by atoms with Gasteiger partial charge in [-0.1, -0.05) is 97.1 Å². The van der Waals surface area contributed by atoms with Gasteiger partial charge in [0.25, 0.3) is 0 Å². The van der Waals surface area contributed by atoms with Crippen LogP contribution in [0.25, 0.3) is 89.7 Å². The molecule has 5 heterocycles. The van der Waals surface area contributed by atoms with Gasteiger partial charge in [-0.05, 0) is 39.7 Å². The normalized spacial score (nSPS) is 11.6. The van der Waals surface area contributed by atoms with E-state index in [2.05, 4.69) is 0 Å². The average Bonchev–Trinajstić information content (AvgIpc) is 3.90. The van der Waals surface area contributed by atoms with Crippen molar-refractivity contribution >= 4 is 60.2 Å². The molecule has 2 aliphatic rings. The van der Waals surface area contributed by atoms with Crippen LogP contribution in [0.1, 0.15) is 10.4 Å². The van der Waals surface area contributed by atoms with Crippen LogP contribution in [0.5, 0.6) is 5.75 Å². The zero-order valence-corrected chi connectivity index (χ0v) is 32.4. The molecule has 8 bridgehead atoms. The maximum absolute atomic E-state index is 10.5. The van der Waals surface area contributed by atoms with Gasteiger partial charge in [-0.25, -0.2) is 23.2 Å². The zero-order valence-electron chi connectivity index (χ0n) is 28.0. The van der Waals surface area contributed by atoms with Gasteiger partial charge in [-0.15, -0.1) is 0 Å².